The summed E-state index contributed by atoms with van der Waals surface area (Å²) in [6, 6.07) is 7.93. The highest BCUT2D eigenvalue weighted by molar-refractivity contribution is 7.99. The molecule has 1 aromatic heterocycles. The monoisotopic (exact) mass is 291 g/mol. The lowest BCUT2D eigenvalue weighted by atomic mass is 10.00. The molecule has 3 rings (SSSR count). The minimum atomic E-state index is -0.835. The van der Waals surface area contributed by atoms with E-state index in [4.69, 9.17) is 10.5 Å². The molecule has 0 bridgehead atoms. The number of ether oxygens (including phenoxy) is 1. The molecule has 2 atom stereocenters. The second-order valence-corrected chi connectivity index (χ2v) is 6.48. The Bertz CT molecular complexity index is 609. The van der Waals surface area contributed by atoms with Crippen LogP contribution < -0.4 is 5.73 Å². The first-order valence-corrected chi connectivity index (χ1v) is 7.47. The number of esters is 1. The quantitative estimate of drug-likeness (QED) is 0.846. The van der Waals surface area contributed by atoms with Gasteiger partial charge in [-0.05, 0) is 31.4 Å². The SMILES string of the molecule is COC(=O)C1(N)CCC(Sc2nc3ccccc3[nH]2)C1. The summed E-state index contributed by atoms with van der Waals surface area (Å²) in [4.78, 5) is 19.5. The molecule has 1 aromatic carbocycles. The number of nitrogens with one attached hydrogen (secondary N) is 1. The average Bonchev–Trinajstić information content (AvgIpc) is 3.02. The number of rotatable bonds is 3. The highest BCUT2D eigenvalue weighted by Crippen LogP contribution is 2.39. The zero-order valence-electron chi connectivity index (χ0n) is 11.3. The van der Waals surface area contributed by atoms with Crippen molar-refractivity contribution in [3.05, 3.63) is 24.3 Å². The zero-order chi connectivity index (χ0) is 14.2. The smallest absolute Gasteiger partial charge is 0.325 e. The van der Waals surface area contributed by atoms with E-state index in [0.717, 1.165) is 22.6 Å². The Morgan fingerprint density at radius 1 is 1.55 bits per heavy atom. The molecular weight excluding hydrogens is 274 g/mol. The van der Waals surface area contributed by atoms with Crippen molar-refractivity contribution in [2.24, 2.45) is 5.73 Å². The van der Waals surface area contributed by atoms with Crippen LogP contribution in [0.5, 0.6) is 0 Å². The Morgan fingerprint density at radius 2 is 2.35 bits per heavy atom. The third-order valence-corrected chi connectivity index (χ3v) is 4.89. The number of fused-ring (bicyclic) bond motifs is 1. The van der Waals surface area contributed by atoms with E-state index in [0.29, 0.717) is 18.1 Å². The largest absolute Gasteiger partial charge is 0.468 e. The van der Waals surface area contributed by atoms with Gasteiger partial charge in [-0.3, -0.25) is 4.79 Å². The lowest BCUT2D eigenvalue weighted by molar-refractivity contribution is -0.146. The fraction of sp³-hybridized carbons (Fsp3) is 0.429. The Hall–Kier alpha value is -1.53. The Kier molecular flexibility index (Phi) is 3.43. The summed E-state index contributed by atoms with van der Waals surface area (Å²) in [6.07, 6.45) is 2.19. The minimum absolute atomic E-state index is 0.291. The van der Waals surface area contributed by atoms with Crippen LogP contribution in [0.15, 0.2) is 29.4 Å². The van der Waals surface area contributed by atoms with Crippen molar-refractivity contribution in [1.29, 1.82) is 0 Å². The number of para-hydroxylation sites is 2. The molecule has 2 unspecified atom stereocenters. The van der Waals surface area contributed by atoms with E-state index >= 15 is 0 Å². The van der Waals surface area contributed by atoms with Gasteiger partial charge in [0.05, 0.1) is 18.1 Å². The molecule has 0 saturated heterocycles. The average molecular weight is 291 g/mol. The number of carbonyl (C=O) groups is 1. The van der Waals surface area contributed by atoms with Gasteiger partial charge in [0.15, 0.2) is 5.16 Å². The molecule has 106 valence electrons. The van der Waals surface area contributed by atoms with Crippen LogP contribution in [0, 0.1) is 0 Å². The van der Waals surface area contributed by atoms with Crippen LogP contribution in [-0.2, 0) is 9.53 Å². The first kappa shape index (κ1) is 13.5. The van der Waals surface area contributed by atoms with Gasteiger partial charge in [0.1, 0.15) is 5.54 Å². The first-order chi connectivity index (χ1) is 9.60. The Morgan fingerprint density at radius 3 is 3.10 bits per heavy atom. The van der Waals surface area contributed by atoms with Gasteiger partial charge in [0.25, 0.3) is 0 Å². The number of methoxy groups -OCH3 is 1. The normalized spacial score (nSPS) is 26.0. The standard InChI is InChI=1S/C14H17N3O2S/c1-19-12(18)14(15)7-6-9(8-14)20-13-16-10-4-2-3-5-11(10)17-13/h2-5,9H,6-8,15H2,1H3,(H,16,17). The predicted octanol–water partition coefficient (Wildman–Crippen LogP) is 2.08. The van der Waals surface area contributed by atoms with Crippen molar-refractivity contribution >= 4 is 28.8 Å². The number of thioether (sulfide) groups is 1. The second-order valence-electron chi connectivity index (χ2n) is 5.19. The molecule has 1 aliphatic carbocycles. The van der Waals surface area contributed by atoms with Crippen LogP contribution in [-0.4, -0.2) is 33.8 Å². The molecule has 3 N–H and O–H groups in total. The summed E-state index contributed by atoms with van der Waals surface area (Å²) >= 11 is 1.65. The molecule has 2 aromatic rings. The number of H-pyrrole nitrogens is 1. The number of aromatic amines is 1. The molecule has 6 heteroatoms. The van der Waals surface area contributed by atoms with Gasteiger partial charge >= 0.3 is 5.97 Å². The van der Waals surface area contributed by atoms with E-state index in [1.807, 2.05) is 24.3 Å². The van der Waals surface area contributed by atoms with Gasteiger partial charge in [-0.2, -0.15) is 0 Å². The molecule has 1 aliphatic rings. The van der Waals surface area contributed by atoms with E-state index in [2.05, 4.69) is 9.97 Å². The topological polar surface area (TPSA) is 81.0 Å². The van der Waals surface area contributed by atoms with Crippen LogP contribution in [0.3, 0.4) is 0 Å². The molecule has 1 heterocycles. The van der Waals surface area contributed by atoms with Crippen molar-refractivity contribution in [2.75, 3.05) is 7.11 Å². The fourth-order valence-electron chi connectivity index (χ4n) is 2.66. The molecule has 1 saturated carbocycles. The minimum Gasteiger partial charge on any atom is -0.468 e. The summed E-state index contributed by atoms with van der Waals surface area (Å²) in [6.45, 7) is 0. The number of hydrogen-bond donors (Lipinski definition) is 2. The lowest BCUT2D eigenvalue weighted by Crippen LogP contribution is -2.46. The summed E-state index contributed by atoms with van der Waals surface area (Å²) < 4.78 is 4.79. The van der Waals surface area contributed by atoms with Gasteiger partial charge < -0.3 is 15.5 Å². The van der Waals surface area contributed by atoms with Crippen molar-refractivity contribution in [1.82, 2.24) is 9.97 Å². The van der Waals surface area contributed by atoms with Crippen LogP contribution in [0.2, 0.25) is 0 Å². The zero-order valence-corrected chi connectivity index (χ0v) is 12.1. The van der Waals surface area contributed by atoms with E-state index in [1.165, 1.54) is 7.11 Å². The Labute approximate surface area is 121 Å². The molecule has 1 fully saturated rings. The van der Waals surface area contributed by atoms with Gasteiger partial charge in [-0.1, -0.05) is 23.9 Å². The van der Waals surface area contributed by atoms with E-state index < -0.39 is 5.54 Å². The van der Waals surface area contributed by atoms with Crippen molar-refractivity contribution in [3.8, 4) is 0 Å². The first-order valence-electron chi connectivity index (χ1n) is 6.59. The lowest BCUT2D eigenvalue weighted by Gasteiger charge is -2.20. The number of carbonyl (C=O) groups excluding carboxylic acids is 1. The highest BCUT2D eigenvalue weighted by atomic mass is 32.2. The van der Waals surface area contributed by atoms with Crippen LogP contribution >= 0.6 is 11.8 Å². The van der Waals surface area contributed by atoms with Crippen LogP contribution in [0.1, 0.15) is 19.3 Å². The highest BCUT2D eigenvalue weighted by Gasteiger charge is 2.43. The molecule has 20 heavy (non-hydrogen) atoms. The number of nitrogens with zero attached hydrogens (tertiary/aromatic N) is 1. The van der Waals surface area contributed by atoms with Gasteiger partial charge in [0.2, 0.25) is 0 Å². The van der Waals surface area contributed by atoms with Crippen molar-refractivity contribution in [3.63, 3.8) is 0 Å². The van der Waals surface area contributed by atoms with Crippen molar-refractivity contribution in [2.45, 2.75) is 35.2 Å². The fourth-order valence-corrected chi connectivity index (χ4v) is 3.91. The summed E-state index contributed by atoms with van der Waals surface area (Å²) in [5.41, 5.74) is 7.26. The van der Waals surface area contributed by atoms with E-state index in [1.54, 1.807) is 11.8 Å². The summed E-state index contributed by atoms with van der Waals surface area (Å²) in [7, 11) is 1.39. The molecule has 0 amide bonds. The van der Waals surface area contributed by atoms with Crippen molar-refractivity contribution < 1.29 is 9.53 Å². The summed E-state index contributed by atoms with van der Waals surface area (Å²) in [5.74, 6) is -0.315. The van der Waals surface area contributed by atoms with Gasteiger partial charge in [-0.15, -0.1) is 0 Å². The number of hydrogen-bond acceptors (Lipinski definition) is 5. The third-order valence-electron chi connectivity index (χ3n) is 3.74. The van der Waals surface area contributed by atoms with E-state index in [9.17, 15) is 4.79 Å². The molecular formula is C14H17N3O2S. The number of benzene rings is 1. The van der Waals surface area contributed by atoms with Gasteiger partial charge in [0, 0.05) is 5.25 Å². The predicted molar refractivity (Wildman–Crippen MR) is 78.5 cm³/mol. The maximum Gasteiger partial charge on any atom is 0.325 e. The molecule has 0 spiro atoms. The number of imidazole rings is 1. The van der Waals surface area contributed by atoms with E-state index in [-0.39, 0.29) is 5.97 Å². The molecule has 5 nitrogen and oxygen atoms in total. The molecule has 0 aliphatic heterocycles. The maximum atomic E-state index is 11.7. The number of aromatic nitrogens is 2. The summed E-state index contributed by atoms with van der Waals surface area (Å²) in [5, 5.41) is 1.17. The van der Waals surface area contributed by atoms with Crippen LogP contribution in [0.4, 0.5) is 0 Å². The molecule has 0 radical (unpaired) electrons. The second kappa shape index (κ2) is 5.10. The maximum absolute atomic E-state index is 11.7. The third kappa shape index (κ3) is 2.41. The number of nitrogens with two attached hydrogens (primary N) is 1. The van der Waals surface area contributed by atoms with Crippen LogP contribution in [0.25, 0.3) is 11.0 Å². The van der Waals surface area contributed by atoms with Gasteiger partial charge in [-0.25, -0.2) is 4.98 Å². The Balaban J connectivity index is 1.71.